The molecule has 2 aromatic heterocycles. The van der Waals surface area contributed by atoms with E-state index in [1.807, 2.05) is 12.1 Å². The number of nitrogens with one attached hydrogen (secondary N) is 2. The number of amides is 1. The molecule has 0 aliphatic carbocycles. The van der Waals surface area contributed by atoms with Crippen LogP contribution in [0.25, 0.3) is 11.3 Å². The summed E-state index contributed by atoms with van der Waals surface area (Å²) in [5.74, 6) is 1.71. The van der Waals surface area contributed by atoms with Gasteiger partial charge in [-0.3, -0.25) is 9.89 Å². The van der Waals surface area contributed by atoms with Gasteiger partial charge in [0.2, 0.25) is 0 Å². The predicted octanol–water partition coefficient (Wildman–Crippen LogP) is 2.62. The van der Waals surface area contributed by atoms with Crippen LogP contribution < -0.4 is 14.8 Å². The third kappa shape index (κ3) is 3.24. The van der Waals surface area contributed by atoms with Gasteiger partial charge in [-0.25, -0.2) is 0 Å². The molecule has 2 heterocycles. The Labute approximate surface area is 138 Å². The van der Waals surface area contributed by atoms with Gasteiger partial charge in [0.05, 0.1) is 32.7 Å². The van der Waals surface area contributed by atoms with Crippen LogP contribution in [0.15, 0.2) is 47.1 Å². The number of H-pyrrole nitrogens is 1. The molecule has 0 unspecified atom stereocenters. The van der Waals surface area contributed by atoms with Crippen LogP contribution in [0.4, 0.5) is 0 Å². The van der Waals surface area contributed by atoms with Crippen LogP contribution in [0.2, 0.25) is 0 Å². The SMILES string of the molecule is COc1ccc(-c2cc(C(=O)NCc3ccco3)[nH]n2)c(OC)c1. The van der Waals surface area contributed by atoms with Gasteiger partial charge in [-0.05, 0) is 30.3 Å². The van der Waals surface area contributed by atoms with Gasteiger partial charge in [0, 0.05) is 11.6 Å². The molecule has 7 heteroatoms. The molecule has 7 nitrogen and oxygen atoms in total. The quantitative estimate of drug-likeness (QED) is 0.726. The van der Waals surface area contributed by atoms with Crippen molar-refractivity contribution in [3.63, 3.8) is 0 Å². The second kappa shape index (κ2) is 6.91. The summed E-state index contributed by atoms with van der Waals surface area (Å²) in [7, 11) is 3.16. The number of methoxy groups -OCH3 is 2. The number of hydrogen-bond donors (Lipinski definition) is 2. The first-order valence-corrected chi connectivity index (χ1v) is 7.29. The minimum Gasteiger partial charge on any atom is -0.497 e. The van der Waals surface area contributed by atoms with Crippen LogP contribution in [0, 0.1) is 0 Å². The maximum absolute atomic E-state index is 12.2. The van der Waals surface area contributed by atoms with Crippen molar-refractivity contribution in [3.05, 3.63) is 54.1 Å². The van der Waals surface area contributed by atoms with Crippen LogP contribution in [0.1, 0.15) is 16.2 Å². The summed E-state index contributed by atoms with van der Waals surface area (Å²) in [6, 6.07) is 10.6. The molecule has 0 spiro atoms. The normalized spacial score (nSPS) is 10.4. The summed E-state index contributed by atoms with van der Waals surface area (Å²) in [5, 5.41) is 9.68. The molecule has 24 heavy (non-hydrogen) atoms. The molecule has 124 valence electrons. The van der Waals surface area contributed by atoms with E-state index in [0.717, 1.165) is 5.56 Å². The van der Waals surface area contributed by atoms with E-state index in [0.29, 0.717) is 35.2 Å². The van der Waals surface area contributed by atoms with Gasteiger partial charge in [0.25, 0.3) is 5.91 Å². The van der Waals surface area contributed by atoms with Crippen molar-refractivity contribution in [1.29, 1.82) is 0 Å². The molecule has 2 N–H and O–H groups in total. The smallest absolute Gasteiger partial charge is 0.269 e. The molecule has 1 aromatic carbocycles. The van der Waals surface area contributed by atoms with Gasteiger partial charge in [-0.2, -0.15) is 5.10 Å². The first-order valence-electron chi connectivity index (χ1n) is 7.29. The summed E-state index contributed by atoms with van der Waals surface area (Å²) >= 11 is 0. The zero-order valence-electron chi connectivity index (χ0n) is 13.3. The Morgan fingerprint density at radius 3 is 2.83 bits per heavy atom. The Balaban J connectivity index is 1.76. The van der Waals surface area contributed by atoms with Crippen molar-refractivity contribution in [2.75, 3.05) is 14.2 Å². The minimum atomic E-state index is -0.266. The molecule has 0 saturated heterocycles. The van der Waals surface area contributed by atoms with Crippen molar-refractivity contribution < 1.29 is 18.7 Å². The second-order valence-electron chi connectivity index (χ2n) is 5.00. The first-order chi connectivity index (χ1) is 11.7. The van der Waals surface area contributed by atoms with Gasteiger partial charge in [0.15, 0.2) is 0 Å². The average Bonchev–Trinajstić information content (AvgIpc) is 3.30. The topological polar surface area (TPSA) is 89.4 Å². The molecule has 0 saturated carbocycles. The zero-order chi connectivity index (χ0) is 16.9. The Morgan fingerprint density at radius 2 is 2.12 bits per heavy atom. The van der Waals surface area contributed by atoms with Crippen molar-refractivity contribution >= 4 is 5.91 Å². The lowest BCUT2D eigenvalue weighted by Crippen LogP contribution is -2.22. The van der Waals surface area contributed by atoms with E-state index in [1.54, 1.807) is 44.7 Å². The van der Waals surface area contributed by atoms with Crippen molar-refractivity contribution in [2.24, 2.45) is 0 Å². The van der Waals surface area contributed by atoms with Crippen LogP contribution in [-0.4, -0.2) is 30.3 Å². The van der Waals surface area contributed by atoms with Crippen LogP contribution in [0.3, 0.4) is 0 Å². The monoisotopic (exact) mass is 327 g/mol. The van der Waals surface area contributed by atoms with E-state index in [1.165, 1.54) is 0 Å². The molecule has 0 aliphatic heterocycles. The number of benzene rings is 1. The molecule has 0 atom stereocenters. The average molecular weight is 327 g/mol. The first kappa shape index (κ1) is 15.7. The molecule has 0 fully saturated rings. The van der Waals surface area contributed by atoms with Crippen LogP contribution in [-0.2, 0) is 6.54 Å². The fourth-order valence-electron chi connectivity index (χ4n) is 2.26. The highest BCUT2D eigenvalue weighted by Gasteiger charge is 2.14. The van der Waals surface area contributed by atoms with Crippen LogP contribution >= 0.6 is 0 Å². The zero-order valence-corrected chi connectivity index (χ0v) is 13.3. The van der Waals surface area contributed by atoms with Crippen molar-refractivity contribution in [3.8, 4) is 22.8 Å². The molecule has 3 rings (SSSR count). The number of hydrogen-bond acceptors (Lipinski definition) is 5. The Hall–Kier alpha value is -3.22. The van der Waals surface area contributed by atoms with E-state index in [9.17, 15) is 4.79 Å². The number of carbonyl (C=O) groups is 1. The molecule has 0 aliphatic rings. The fraction of sp³-hybridized carbons (Fsp3) is 0.176. The maximum Gasteiger partial charge on any atom is 0.269 e. The van der Waals surface area contributed by atoms with Gasteiger partial charge in [-0.15, -0.1) is 0 Å². The lowest BCUT2D eigenvalue weighted by Gasteiger charge is -2.08. The largest absolute Gasteiger partial charge is 0.497 e. The molecule has 1 amide bonds. The highest BCUT2D eigenvalue weighted by molar-refractivity contribution is 5.93. The fourth-order valence-corrected chi connectivity index (χ4v) is 2.26. The maximum atomic E-state index is 12.2. The number of rotatable bonds is 6. The third-order valence-electron chi connectivity index (χ3n) is 3.51. The summed E-state index contributed by atoms with van der Waals surface area (Å²) in [6.07, 6.45) is 1.56. The molecule has 0 radical (unpaired) electrons. The van der Waals surface area contributed by atoms with E-state index in [4.69, 9.17) is 13.9 Å². The summed E-state index contributed by atoms with van der Waals surface area (Å²) in [5.41, 5.74) is 1.73. The van der Waals surface area contributed by atoms with E-state index in [2.05, 4.69) is 15.5 Å². The van der Waals surface area contributed by atoms with E-state index >= 15 is 0 Å². The molecule has 3 aromatic rings. The van der Waals surface area contributed by atoms with Crippen molar-refractivity contribution in [2.45, 2.75) is 6.54 Å². The lowest BCUT2D eigenvalue weighted by atomic mass is 10.1. The number of carbonyl (C=O) groups excluding carboxylic acids is 1. The summed E-state index contributed by atoms with van der Waals surface area (Å²) < 4.78 is 15.7. The van der Waals surface area contributed by atoms with Gasteiger partial charge < -0.3 is 19.2 Å². The number of furan rings is 1. The third-order valence-corrected chi connectivity index (χ3v) is 3.51. The van der Waals surface area contributed by atoms with Gasteiger partial charge >= 0.3 is 0 Å². The minimum absolute atomic E-state index is 0.266. The molecule has 0 bridgehead atoms. The lowest BCUT2D eigenvalue weighted by molar-refractivity contribution is 0.0943. The summed E-state index contributed by atoms with van der Waals surface area (Å²) in [6.45, 7) is 0.312. The second-order valence-corrected chi connectivity index (χ2v) is 5.00. The summed E-state index contributed by atoms with van der Waals surface area (Å²) in [4.78, 5) is 12.2. The molecular formula is C17H17N3O4. The molecular weight excluding hydrogens is 310 g/mol. The number of aromatic amines is 1. The number of nitrogens with zero attached hydrogens (tertiary/aromatic N) is 1. The Kier molecular flexibility index (Phi) is 4.51. The van der Waals surface area contributed by atoms with Crippen LogP contribution in [0.5, 0.6) is 11.5 Å². The highest BCUT2D eigenvalue weighted by atomic mass is 16.5. The van der Waals surface area contributed by atoms with Gasteiger partial charge in [0.1, 0.15) is 23.0 Å². The predicted molar refractivity (Wildman–Crippen MR) is 87.0 cm³/mol. The number of ether oxygens (including phenoxy) is 2. The Morgan fingerprint density at radius 1 is 1.25 bits per heavy atom. The Bertz CT molecular complexity index is 824. The number of aromatic nitrogens is 2. The van der Waals surface area contributed by atoms with Gasteiger partial charge in [-0.1, -0.05) is 0 Å². The van der Waals surface area contributed by atoms with Crippen molar-refractivity contribution in [1.82, 2.24) is 15.5 Å². The van der Waals surface area contributed by atoms with E-state index < -0.39 is 0 Å². The van der Waals surface area contributed by atoms with E-state index in [-0.39, 0.29) is 5.91 Å². The highest BCUT2D eigenvalue weighted by Crippen LogP contribution is 2.32. The standard InChI is InChI=1S/C17H17N3O4/c1-22-11-5-6-13(16(8-11)23-2)14-9-15(20-19-14)17(21)18-10-12-4-3-7-24-12/h3-9H,10H2,1-2H3,(H,18,21)(H,19,20).